The van der Waals surface area contributed by atoms with Crippen LogP contribution in [0.3, 0.4) is 0 Å². The molecule has 1 N–H and O–H groups in total. The first-order valence-electron chi connectivity index (χ1n) is 7.36. The third-order valence-electron chi connectivity index (χ3n) is 4.52. The molecule has 0 saturated heterocycles. The summed E-state index contributed by atoms with van der Waals surface area (Å²) in [6.07, 6.45) is 5.40. The molecular weight excluding hydrogens is 208 g/mol. The summed E-state index contributed by atoms with van der Waals surface area (Å²) < 4.78 is 0. The molecule has 0 aromatic carbocycles. The van der Waals surface area contributed by atoms with Gasteiger partial charge in [-0.05, 0) is 51.6 Å². The van der Waals surface area contributed by atoms with E-state index in [9.17, 15) is 0 Å². The summed E-state index contributed by atoms with van der Waals surface area (Å²) in [5.74, 6) is 1.50. The second kappa shape index (κ2) is 6.75. The smallest absolute Gasteiger partial charge is 0.0141 e. The highest BCUT2D eigenvalue weighted by Gasteiger charge is 2.30. The Balaban J connectivity index is 2.54. The Hall–Kier alpha value is -0.0800. The summed E-state index contributed by atoms with van der Waals surface area (Å²) in [7, 11) is 4.44. The van der Waals surface area contributed by atoms with Crippen molar-refractivity contribution in [3.05, 3.63) is 0 Å². The second-order valence-electron chi connectivity index (χ2n) is 6.44. The van der Waals surface area contributed by atoms with Crippen molar-refractivity contribution in [1.29, 1.82) is 0 Å². The summed E-state index contributed by atoms with van der Waals surface area (Å²) in [6.45, 7) is 9.45. The molecule has 1 fully saturated rings. The molecule has 0 aliphatic heterocycles. The summed E-state index contributed by atoms with van der Waals surface area (Å²) in [5.41, 5.74) is 0. The first-order chi connectivity index (χ1) is 7.97. The molecule has 1 aliphatic rings. The van der Waals surface area contributed by atoms with Crippen LogP contribution in [0.25, 0.3) is 0 Å². The molecule has 0 unspecified atom stereocenters. The Morgan fingerprint density at radius 2 is 1.41 bits per heavy atom. The van der Waals surface area contributed by atoms with E-state index in [1.165, 1.54) is 25.7 Å². The van der Waals surface area contributed by atoms with E-state index in [0.717, 1.165) is 30.0 Å². The number of hydrogen-bond donors (Lipinski definition) is 1. The highest BCUT2D eigenvalue weighted by atomic mass is 15.2. The van der Waals surface area contributed by atoms with Crippen molar-refractivity contribution in [2.45, 2.75) is 71.5 Å². The van der Waals surface area contributed by atoms with Crippen LogP contribution in [0.4, 0.5) is 0 Å². The lowest BCUT2D eigenvalue weighted by Crippen LogP contribution is -2.48. The Labute approximate surface area is 108 Å². The van der Waals surface area contributed by atoms with Crippen LogP contribution in [0.2, 0.25) is 0 Å². The minimum absolute atomic E-state index is 0.728. The Kier molecular flexibility index (Phi) is 5.94. The third-order valence-corrected chi connectivity index (χ3v) is 4.52. The molecule has 0 amide bonds. The van der Waals surface area contributed by atoms with Gasteiger partial charge in [-0.25, -0.2) is 0 Å². The predicted octanol–water partition coefficient (Wildman–Crippen LogP) is 3.13. The quantitative estimate of drug-likeness (QED) is 0.794. The van der Waals surface area contributed by atoms with Gasteiger partial charge in [0.2, 0.25) is 0 Å². The third kappa shape index (κ3) is 3.96. The Morgan fingerprint density at radius 3 is 1.76 bits per heavy atom. The maximum absolute atomic E-state index is 3.42. The lowest BCUT2D eigenvalue weighted by Gasteiger charge is -2.42. The molecule has 0 bridgehead atoms. The molecule has 0 radical (unpaired) electrons. The fraction of sp³-hybridized carbons (Fsp3) is 1.00. The molecule has 2 heteroatoms. The number of nitrogens with zero attached hydrogens (tertiary/aromatic N) is 1. The van der Waals surface area contributed by atoms with Gasteiger partial charge in [-0.1, -0.05) is 27.7 Å². The fourth-order valence-corrected chi connectivity index (χ4v) is 3.73. The zero-order chi connectivity index (χ0) is 13.0. The lowest BCUT2D eigenvalue weighted by atomic mass is 9.85. The van der Waals surface area contributed by atoms with Crippen molar-refractivity contribution < 1.29 is 0 Å². The minimum atomic E-state index is 0.728. The molecule has 0 spiro atoms. The van der Waals surface area contributed by atoms with Gasteiger partial charge >= 0.3 is 0 Å². The number of rotatable bonds is 5. The van der Waals surface area contributed by atoms with E-state index in [2.05, 4.69) is 52.0 Å². The van der Waals surface area contributed by atoms with E-state index in [1.807, 2.05) is 0 Å². The SMILES string of the molecule is CNC1CCC(N(C)C(C(C)C)C(C)C)CC1. The van der Waals surface area contributed by atoms with Crippen molar-refractivity contribution in [1.82, 2.24) is 10.2 Å². The maximum Gasteiger partial charge on any atom is 0.0141 e. The van der Waals surface area contributed by atoms with Crippen LogP contribution in [0, 0.1) is 11.8 Å². The van der Waals surface area contributed by atoms with Crippen LogP contribution >= 0.6 is 0 Å². The van der Waals surface area contributed by atoms with E-state index < -0.39 is 0 Å². The van der Waals surface area contributed by atoms with Crippen molar-refractivity contribution in [2.75, 3.05) is 14.1 Å². The Morgan fingerprint density at radius 1 is 0.941 bits per heavy atom. The van der Waals surface area contributed by atoms with Crippen LogP contribution in [-0.2, 0) is 0 Å². The standard InChI is InChI=1S/C15H32N2/c1-11(2)15(12(3)4)17(6)14-9-7-13(16-5)8-10-14/h11-16H,7-10H2,1-6H3. The molecule has 0 aromatic heterocycles. The van der Waals surface area contributed by atoms with Gasteiger partial charge in [0.25, 0.3) is 0 Å². The van der Waals surface area contributed by atoms with Gasteiger partial charge in [0.05, 0.1) is 0 Å². The number of nitrogens with one attached hydrogen (secondary N) is 1. The molecule has 17 heavy (non-hydrogen) atoms. The fourth-order valence-electron chi connectivity index (χ4n) is 3.73. The van der Waals surface area contributed by atoms with Crippen molar-refractivity contribution in [2.24, 2.45) is 11.8 Å². The molecule has 0 aromatic rings. The van der Waals surface area contributed by atoms with Gasteiger partial charge in [-0.15, -0.1) is 0 Å². The molecular formula is C15H32N2. The van der Waals surface area contributed by atoms with Gasteiger partial charge in [-0.2, -0.15) is 0 Å². The minimum Gasteiger partial charge on any atom is -0.317 e. The van der Waals surface area contributed by atoms with Crippen molar-refractivity contribution in [3.8, 4) is 0 Å². The molecule has 0 atom stereocenters. The lowest BCUT2D eigenvalue weighted by molar-refractivity contribution is 0.0729. The van der Waals surface area contributed by atoms with Crippen LogP contribution < -0.4 is 5.32 Å². The normalized spacial score (nSPS) is 26.5. The van der Waals surface area contributed by atoms with E-state index in [0.29, 0.717) is 0 Å². The molecule has 102 valence electrons. The monoisotopic (exact) mass is 240 g/mol. The summed E-state index contributed by atoms with van der Waals surface area (Å²) >= 11 is 0. The summed E-state index contributed by atoms with van der Waals surface area (Å²) in [5, 5.41) is 3.42. The largest absolute Gasteiger partial charge is 0.317 e. The van der Waals surface area contributed by atoms with Crippen molar-refractivity contribution >= 4 is 0 Å². The van der Waals surface area contributed by atoms with E-state index in [1.54, 1.807) is 0 Å². The van der Waals surface area contributed by atoms with E-state index in [4.69, 9.17) is 0 Å². The summed E-state index contributed by atoms with van der Waals surface area (Å²) in [4.78, 5) is 2.67. The van der Waals surface area contributed by atoms with E-state index >= 15 is 0 Å². The molecule has 1 rings (SSSR count). The maximum atomic E-state index is 3.42. The second-order valence-corrected chi connectivity index (χ2v) is 6.44. The summed E-state index contributed by atoms with van der Waals surface area (Å²) in [6, 6.07) is 2.29. The average Bonchev–Trinajstić information content (AvgIpc) is 2.28. The topological polar surface area (TPSA) is 15.3 Å². The molecule has 2 nitrogen and oxygen atoms in total. The Bertz CT molecular complexity index is 197. The van der Waals surface area contributed by atoms with Gasteiger partial charge in [0.15, 0.2) is 0 Å². The first-order valence-corrected chi connectivity index (χ1v) is 7.36. The van der Waals surface area contributed by atoms with Gasteiger partial charge < -0.3 is 5.32 Å². The van der Waals surface area contributed by atoms with Crippen LogP contribution in [0.1, 0.15) is 53.4 Å². The van der Waals surface area contributed by atoms with E-state index in [-0.39, 0.29) is 0 Å². The molecule has 1 saturated carbocycles. The van der Waals surface area contributed by atoms with Crippen LogP contribution in [-0.4, -0.2) is 37.1 Å². The highest BCUT2D eigenvalue weighted by molar-refractivity contribution is 4.86. The zero-order valence-electron chi connectivity index (χ0n) is 12.7. The van der Waals surface area contributed by atoms with Gasteiger partial charge in [0, 0.05) is 18.1 Å². The zero-order valence-corrected chi connectivity index (χ0v) is 12.7. The molecule has 0 heterocycles. The molecule has 1 aliphatic carbocycles. The van der Waals surface area contributed by atoms with Crippen molar-refractivity contribution in [3.63, 3.8) is 0 Å². The predicted molar refractivity (Wildman–Crippen MR) is 76.3 cm³/mol. The number of hydrogen-bond acceptors (Lipinski definition) is 2. The van der Waals surface area contributed by atoms with Crippen LogP contribution in [0.5, 0.6) is 0 Å². The van der Waals surface area contributed by atoms with Gasteiger partial charge in [-0.3, -0.25) is 4.90 Å². The van der Waals surface area contributed by atoms with Crippen LogP contribution in [0.15, 0.2) is 0 Å². The van der Waals surface area contributed by atoms with Gasteiger partial charge in [0.1, 0.15) is 0 Å². The highest BCUT2D eigenvalue weighted by Crippen LogP contribution is 2.28. The first kappa shape index (κ1) is 15.0. The average molecular weight is 240 g/mol.